The van der Waals surface area contributed by atoms with Crippen molar-refractivity contribution in [3.63, 3.8) is 0 Å². The number of rotatable bonds is 5. The highest BCUT2D eigenvalue weighted by atomic mass is 16.2. The molecule has 118 valence electrons. The number of carbonyl (C=O) groups excluding carboxylic acids is 2. The SMILES string of the molecule is CCCCC(=O)Nc1ccc(-c2ccccc2)c2c1C(=O)NC2. The Balaban J connectivity index is 1.96. The fourth-order valence-corrected chi connectivity index (χ4v) is 2.89. The van der Waals surface area contributed by atoms with E-state index in [0.717, 1.165) is 29.5 Å². The monoisotopic (exact) mass is 308 g/mol. The highest BCUT2D eigenvalue weighted by Crippen LogP contribution is 2.33. The third-order valence-electron chi connectivity index (χ3n) is 4.08. The Labute approximate surface area is 135 Å². The fraction of sp³-hybridized carbons (Fsp3) is 0.263. The lowest BCUT2D eigenvalue weighted by Gasteiger charge is -2.12. The molecule has 0 atom stereocenters. The lowest BCUT2D eigenvalue weighted by Crippen LogP contribution is -2.17. The molecule has 0 saturated carbocycles. The van der Waals surface area contributed by atoms with Crippen LogP contribution in [0.2, 0.25) is 0 Å². The molecule has 0 spiro atoms. The Morgan fingerprint density at radius 1 is 1.17 bits per heavy atom. The number of unbranched alkanes of at least 4 members (excludes halogenated alkanes) is 1. The normalized spacial score (nSPS) is 12.7. The number of nitrogens with one attached hydrogen (secondary N) is 2. The van der Waals surface area contributed by atoms with E-state index in [1.807, 2.05) is 49.4 Å². The summed E-state index contributed by atoms with van der Waals surface area (Å²) in [7, 11) is 0. The van der Waals surface area contributed by atoms with Crippen LogP contribution in [0.4, 0.5) is 5.69 Å². The first-order chi connectivity index (χ1) is 11.2. The van der Waals surface area contributed by atoms with Crippen LogP contribution in [0.1, 0.15) is 42.1 Å². The first-order valence-electron chi connectivity index (χ1n) is 8.00. The van der Waals surface area contributed by atoms with Gasteiger partial charge in [0.25, 0.3) is 5.91 Å². The van der Waals surface area contributed by atoms with Crippen molar-refractivity contribution in [2.24, 2.45) is 0 Å². The largest absolute Gasteiger partial charge is 0.348 e. The van der Waals surface area contributed by atoms with Crippen LogP contribution >= 0.6 is 0 Å². The Kier molecular flexibility index (Phi) is 4.42. The number of hydrogen-bond acceptors (Lipinski definition) is 2. The second-order valence-electron chi connectivity index (χ2n) is 5.71. The molecular formula is C19H20N2O2. The van der Waals surface area contributed by atoms with Gasteiger partial charge in [0.15, 0.2) is 0 Å². The van der Waals surface area contributed by atoms with Gasteiger partial charge in [0.1, 0.15) is 0 Å². The molecule has 2 N–H and O–H groups in total. The summed E-state index contributed by atoms with van der Waals surface area (Å²) in [6.45, 7) is 2.55. The molecule has 3 rings (SSSR count). The molecule has 1 aliphatic rings. The lowest BCUT2D eigenvalue weighted by atomic mass is 9.95. The van der Waals surface area contributed by atoms with Crippen molar-refractivity contribution in [2.75, 3.05) is 5.32 Å². The van der Waals surface area contributed by atoms with Gasteiger partial charge in [0, 0.05) is 13.0 Å². The minimum Gasteiger partial charge on any atom is -0.348 e. The first kappa shape index (κ1) is 15.3. The topological polar surface area (TPSA) is 58.2 Å². The molecule has 0 aromatic heterocycles. The number of fused-ring (bicyclic) bond motifs is 1. The van der Waals surface area contributed by atoms with E-state index >= 15 is 0 Å². The van der Waals surface area contributed by atoms with E-state index in [2.05, 4.69) is 10.6 Å². The highest BCUT2D eigenvalue weighted by Gasteiger charge is 2.26. The molecule has 2 aromatic rings. The summed E-state index contributed by atoms with van der Waals surface area (Å²) >= 11 is 0. The molecule has 4 heteroatoms. The van der Waals surface area contributed by atoms with Crippen LogP contribution in [0.5, 0.6) is 0 Å². The zero-order valence-corrected chi connectivity index (χ0v) is 13.2. The van der Waals surface area contributed by atoms with Gasteiger partial charge in [-0.15, -0.1) is 0 Å². The molecule has 1 heterocycles. The van der Waals surface area contributed by atoms with E-state index in [0.29, 0.717) is 24.2 Å². The molecule has 2 amide bonds. The summed E-state index contributed by atoms with van der Waals surface area (Å²) in [4.78, 5) is 24.2. The minimum absolute atomic E-state index is 0.0405. The third-order valence-corrected chi connectivity index (χ3v) is 4.08. The van der Waals surface area contributed by atoms with Crippen molar-refractivity contribution in [2.45, 2.75) is 32.7 Å². The smallest absolute Gasteiger partial charge is 0.254 e. The molecule has 0 aliphatic carbocycles. The Hall–Kier alpha value is -2.62. The highest BCUT2D eigenvalue weighted by molar-refractivity contribution is 6.08. The van der Waals surface area contributed by atoms with Gasteiger partial charge >= 0.3 is 0 Å². The van der Waals surface area contributed by atoms with Crippen LogP contribution in [0.25, 0.3) is 11.1 Å². The molecule has 0 saturated heterocycles. The molecule has 2 aromatic carbocycles. The number of amides is 2. The third kappa shape index (κ3) is 3.11. The summed E-state index contributed by atoms with van der Waals surface area (Å²) in [5, 5.41) is 5.75. The van der Waals surface area contributed by atoms with E-state index in [1.165, 1.54) is 0 Å². The number of benzene rings is 2. The first-order valence-corrected chi connectivity index (χ1v) is 8.00. The van der Waals surface area contributed by atoms with Crippen LogP contribution in [-0.2, 0) is 11.3 Å². The van der Waals surface area contributed by atoms with Gasteiger partial charge in [-0.05, 0) is 29.2 Å². The van der Waals surface area contributed by atoms with Crippen molar-refractivity contribution >= 4 is 17.5 Å². The molecule has 0 unspecified atom stereocenters. The predicted molar refractivity (Wildman–Crippen MR) is 91.2 cm³/mol. The Bertz CT molecular complexity index is 739. The molecular weight excluding hydrogens is 288 g/mol. The van der Waals surface area contributed by atoms with Crippen molar-refractivity contribution < 1.29 is 9.59 Å². The van der Waals surface area contributed by atoms with Crippen LogP contribution in [0, 0.1) is 0 Å². The summed E-state index contributed by atoms with van der Waals surface area (Å²) in [6, 6.07) is 13.8. The molecule has 1 aliphatic heterocycles. The number of anilines is 1. The van der Waals surface area contributed by atoms with Gasteiger partial charge in [0.2, 0.25) is 5.91 Å². The molecule has 4 nitrogen and oxygen atoms in total. The zero-order valence-electron chi connectivity index (χ0n) is 13.2. The van der Waals surface area contributed by atoms with Crippen LogP contribution in [0.3, 0.4) is 0 Å². The molecule has 0 radical (unpaired) electrons. The summed E-state index contributed by atoms with van der Waals surface area (Å²) in [5.74, 6) is -0.162. The molecule has 23 heavy (non-hydrogen) atoms. The average Bonchev–Trinajstić information content (AvgIpc) is 2.96. The summed E-state index contributed by atoms with van der Waals surface area (Å²) in [5.41, 5.74) is 4.26. The van der Waals surface area contributed by atoms with Crippen molar-refractivity contribution in [1.29, 1.82) is 0 Å². The van der Waals surface area contributed by atoms with Crippen LogP contribution in [-0.4, -0.2) is 11.8 Å². The van der Waals surface area contributed by atoms with E-state index in [-0.39, 0.29) is 11.8 Å². The van der Waals surface area contributed by atoms with E-state index in [4.69, 9.17) is 0 Å². The van der Waals surface area contributed by atoms with E-state index in [1.54, 1.807) is 0 Å². The minimum atomic E-state index is -0.122. The van der Waals surface area contributed by atoms with Crippen LogP contribution < -0.4 is 10.6 Å². The van der Waals surface area contributed by atoms with Gasteiger partial charge in [-0.1, -0.05) is 49.7 Å². The van der Waals surface area contributed by atoms with Crippen molar-refractivity contribution in [3.05, 3.63) is 53.6 Å². The predicted octanol–water partition coefficient (Wildman–Crippen LogP) is 3.73. The van der Waals surface area contributed by atoms with Gasteiger partial charge < -0.3 is 10.6 Å². The Morgan fingerprint density at radius 2 is 1.96 bits per heavy atom. The maximum atomic E-state index is 12.2. The van der Waals surface area contributed by atoms with Gasteiger partial charge in [-0.2, -0.15) is 0 Å². The van der Waals surface area contributed by atoms with Gasteiger partial charge in [0.05, 0.1) is 11.3 Å². The zero-order chi connectivity index (χ0) is 16.2. The lowest BCUT2D eigenvalue weighted by molar-refractivity contribution is -0.116. The fourth-order valence-electron chi connectivity index (χ4n) is 2.89. The second kappa shape index (κ2) is 6.65. The number of carbonyl (C=O) groups is 2. The van der Waals surface area contributed by atoms with E-state index < -0.39 is 0 Å². The van der Waals surface area contributed by atoms with Crippen molar-refractivity contribution in [3.8, 4) is 11.1 Å². The van der Waals surface area contributed by atoms with Gasteiger partial charge in [-0.3, -0.25) is 9.59 Å². The maximum absolute atomic E-state index is 12.2. The standard InChI is InChI=1S/C19H20N2O2/c1-2-3-9-17(22)21-16-11-10-14(13-7-5-4-6-8-13)15-12-20-19(23)18(15)16/h4-8,10-11H,2-3,9,12H2,1H3,(H,20,23)(H,21,22). The molecule has 0 bridgehead atoms. The average molecular weight is 308 g/mol. The van der Waals surface area contributed by atoms with Crippen molar-refractivity contribution in [1.82, 2.24) is 5.32 Å². The second-order valence-corrected chi connectivity index (χ2v) is 5.71. The summed E-state index contributed by atoms with van der Waals surface area (Å²) in [6.07, 6.45) is 2.30. The van der Waals surface area contributed by atoms with Gasteiger partial charge in [-0.25, -0.2) is 0 Å². The molecule has 0 fully saturated rings. The van der Waals surface area contributed by atoms with Crippen LogP contribution in [0.15, 0.2) is 42.5 Å². The summed E-state index contributed by atoms with van der Waals surface area (Å²) < 4.78 is 0. The maximum Gasteiger partial charge on any atom is 0.254 e. The Morgan fingerprint density at radius 3 is 2.70 bits per heavy atom. The number of hydrogen-bond donors (Lipinski definition) is 2. The van der Waals surface area contributed by atoms with E-state index in [9.17, 15) is 9.59 Å². The quantitative estimate of drug-likeness (QED) is 0.884.